The first kappa shape index (κ1) is 19.3. The second-order valence-electron chi connectivity index (χ2n) is 3.67. The van der Waals surface area contributed by atoms with E-state index in [9.17, 15) is 0 Å². The van der Waals surface area contributed by atoms with E-state index < -0.39 is 0 Å². The molecule has 0 aromatic carbocycles. The zero-order valence-electron chi connectivity index (χ0n) is 9.41. The monoisotopic (exact) mass is 270 g/mol. The molecule has 4 heteroatoms. The summed E-state index contributed by atoms with van der Waals surface area (Å²) >= 11 is 8.58. The van der Waals surface area contributed by atoms with Crippen molar-refractivity contribution >= 4 is 58.8 Å². The number of rotatable bonds is 10. The molecule has 0 aromatic rings. The zero-order valence-corrected chi connectivity index (χ0v) is 11.1. The third-order valence-corrected chi connectivity index (χ3v) is 2.53. The van der Waals surface area contributed by atoms with Crippen LogP contribution in [0.2, 0.25) is 0 Å². The topological polar surface area (TPSA) is 9.23 Å². The van der Waals surface area contributed by atoms with Gasteiger partial charge in [0, 0.05) is 0 Å². The van der Waals surface area contributed by atoms with Gasteiger partial charge in [0.2, 0.25) is 4.38 Å². The Kier molecular flexibility index (Phi) is 19.3. The van der Waals surface area contributed by atoms with Crippen LogP contribution in [0.5, 0.6) is 0 Å². The molecule has 16 heavy (non-hydrogen) atoms. The predicted octanol–water partition coefficient (Wildman–Crippen LogP) is 3.88. The molecule has 0 saturated heterocycles. The van der Waals surface area contributed by atoms with Crippen molar-refractivity contribution in [3.05, 3.63) is 12.7 Å². The molecule has 0 spiro atoms. The number of allylic oxidation sites excluding steroid dienone is 1. The molecule has 0 aromatic heterocycles. The summed E-state index contributed by atoms with van der Waals surface area (Å²) in [6, 6.07) is 0. The van der Waals surface area contributed by atoms with Crippen molar-refractivity contribution in [1.29, 1.82) is 0 Å². The Morgan fingerprint density at radius 3 is 2.06 bits per heavy atom. The van der Waals surface area contributed by atoms with Crippen LogP contribution in [0.1, 0.15) is 51.4 Å². The maximum atomic E-state index is 5.09. The van der Waals surface area contributed by atoms with Crippen LogP contribution in [0.25, 0.3) is 0 Å². The minimum atomic E-state index is 0. The van der Waals surface area contributed by atoms with E-state index >= 15 is 0 Å². The van der Waals surface area contributed by atoms with Gasteiger partial charge in [-0.1, -0.05) is 50.8 Å². The Bertz CT molecular complexity index is 174. The van der Waals surface area contributed by atoms with Crippen LogP contribution in [0.3, 0.4) is 0 Å². The second-order valence-corrected chi connectivity index (χ2v) is 4.75. The van der Waals surface area contributed by atoms with Gasteiger partial charge in [-0.25, -0.2) is 0 Å². The van der Waals surface area contributed by atoms with Crippen LogP contribution in [-0.4, -0.2) is 40.5 Å². The molecule has 1 nitrogen and oxygen atoms in total. The molecule has 0 fully saturated rings. The fourth-order valence-electron chi connectivity index (χ4n) is 1.43. The molecule has 0 atom stereocenters. The van der Waals surface area contributed by atoms with Crippen LogP contribution in [0, 0.1) is 0 Å². The molecule has 90 valence electrons. The van der Waals surface area contributed by atoms with E-state index in [0.717, 1.165) is 19.4 Å². The molecule has 0 bridgehead atoms. The number of hydrogen-bond donors (Lipinski definition) is 1. The number of thiocarbonyl (C=S) groups is 1. The minimum absolute atomic E-state index is 0. The average molecular weight is 270 g/mol. The maximum absolute atomic E-state index is 5.09. The zero-order chi connectivity index (χ0) is 11.4. The number of hydrogen-bond acceptors (Lipinski definition) is 2. The normalized spacial score (nSPS) is 9.31. The molecule has 0 aliphatic rings. The first-order chi connectivity index (χ1) is 7.27. The van der Waals surface area contributed by atoms with Crippen LogP contribution in [-0.2, 0) is 4.74 Å². The van der Waals surface area contributed by atoms with E-state index in [-0.39, 0.29) is 29.6 Å². The number of unbranched alkanes of at least 4 members (excludes halogenated alkanes) is 7. The molecule has 0 aliphatic carbocycles. The van der Waals surface area contributed by atoms with Crippen molar-refractivity contribution < 1.29 is 4.74 Å². The third-order valence-electron chi connectivity index (χ3n) is 2.28. The molecule has 0 amide bonds. The number of thiol groups is 1. The van der Waals surface area contributed by atoms with Gasteiger partial charge in [0.15, 0.2) is 0 Å². The van der Waals surface area contributed by atoms with Gasteiger partial charge in [0.25, 0.3) is 0 Å². The van der Waals surface area contributed by atoms with Gasteiger partial charge in [-0.3, -0.25) is 0 Å². The molecular weight excluding hydrogens is 247 g/mol. The molecule has 0 saturated carbocycles. The molecule has 0 aliphatic heterocycles. The summed E-state index contributed by atoms with van der Waals surface area (Å²) in [5, 5.41) is 0. The second kappa shape index (κ2) is 16.0. The van der Waals surface area contributed by atoms with Crippen molar-refractivity contribution in [3.8, 4) is 0 Å². The summed E-state index contributed by atoms with van der Waals surface area (Å²) < 4.78 is 5.45. The molecule has 0 radical (unpaired) electrons. The molecule has 0 unspecified atom stereocenters. The van der Waals surface area contributed by atoms with Gasteiger partial charge >= 0.3 is 29.6 Å². The standard InChI is InChI=1S/C12H22OS2.Na.H/c1-2-3-4-5-6-7-8-9-10-11-13-12(14)15;;/h2H,1,3-11H2,(H,14,15);;. The first-order valence-electron chi connectivity index (χ1n) is 5.74. The van der Waals surface area contributed by atoms with E-state index in [1.165, 1.54) is 38.5 Å². The third kappa shape index (κ3) is 17.4. The van der Waals surface area contributed by atoms with E-state index in [2.05, 4.69) is 31.4 Å². The van der Waals surface area contributed by atoms with E-state index in [0.29, 0.717) is 4.38 Å². The predicted molar refractivity (Wildman–Crippen MR) is 81.8 cm³/mol. The Labute approximate surface area is 133 Å². The van der Waals surface area contributed by atoms with Gasteiger partial charge in [-0.15, -0.1) is 6.58 Å². The quantitative estimate of drug-likeness (QED) is 0.212. The van der Waals surface area contributed by atoms with Gasteiger partial charge in [0.05, 0.1) is 6.61 Å². The summed E-state index contributed by atoms with van der Waals surface area (Å²) in [6.45, 7) is 4.43. The fraction of sp³-hybridized carbons (Fsp3) is 0.750. The Morgan fingerprint density at radius 2 is 1.56 bits per heavy atom. The van der Waals surface area contributed by atoms with Crippen molar-refractivity contribution in [2.24, 2.45) is 0 Å². The van der Waals surface area contributed by atoms with Gasteiger partial charge in [-0.05, 0) is 31.5 Å². The number of ether oxygens (including phenoxy) is 1. The molecular formula is C12H23NaOS2. The van der Waals surface area contributed by atoms with E-state index in [1.807, 2.05) is 6.08 Å². The van der Waals surface area contributed by atoms with Crippen molar-refractivity contribution in [3.63, 3.8) is 0 Å². The summed E-state index contributed by atoms with van der Waals surface area (Å²) in [7, 11) is 0. The van der Waals surface area contributed by atoms with Crippen molar-refractivity contribution in [1.82, 2.24) is 0 Å². The van der Waals surface area contributed by atoms with Crippen LogP contribution in [0.4, 0.5) is 0 Å². The van der Waals surface area contributed by atoms with Gasteiger partial charge < -0.3 is 4.74 Å². The van der Waals surface area contributed by atoms with Gasteiger partial charge in [0.1, 0.15) is 0 Å². The van der Waals surface area contributed by atoms with E-state index in [4.69, 9.17) is 4.74 Å². The van der Waals surface area contributed by atoms with E-state index in [1.54, 1.807) is 0 Å². The SMILES string of the molecule is C=CCCCCCCCCCOC(=S)S.[NaH]. The Morgan fingerprint density at radius 1 is 1.06 bits per heavy atom. The van der Waals surface area contributed by atoms with Gasteiger partial charge in [-0.2, -0.15) is 0 Å². The molecule has 0 heterocycles. The Balaban J connectivity index is 0. The first-order valence-corrected chi connectivity index (χ1v) is 6.59. The van der Waals surface area contributed by atoms with Crippen LogP contribution < -0.4 is 0 Å². The molecule has 0 N–H and O–H groups in total. The molecule has 0 rings (SSSR count). The van der Waals surface area contributed by atoms with Crippen molar-refractivity contribution in [2.45, 2.75) is 51.4 Å². The summed E-state index contributed by atoms with van der Waals surface area (Å²) in [4.78, 5) is 0. The van der Waals surface area contributed by atoms with Crippen LogP contribution >= 0.6 is 24.8 Å². The summed E-state index contributed by atoms with van der Waals surface area (Å²) in [5.41, 5.74) is 0. The summed E-state index contributed by atoms with van der Waals surface area (Å²) in [5.74, 6) is 0. The average Bonchev–Trinajstić information content (AvgIpc) is 2.20. The Hall–Kier alpha value is 0.980. The summed E-state index contributed by atoms with van der Waals surface area (Å²) in [6.07, 6.45) is 12.1. The van der Waals surface area contributed by atoms with Crippen molar-refractivity contribution in [2.75, 3.05) is 6.61 Å². The van der Waals surface area contributed by atoms with Crippen LogP contribution in [0.15, 0.2) is 12.7 Å². The fourth-order valence-corrected chi connectivity index (χ4v) is 1.61.